The monoisotopic (exact) mass is 439 g/mol. The van der Waals surface area contributed by atoms with Crippen molar-refractivity contribution in [2.24, 2.45) is 0 Å². The molecule has 0 bridgehead atoms. The Morgan fingerprint density at radius 3 is 2.42 bits per heavy atom. The number of aromatic nitrogens is 1. The van der Waals surface area contributed by atoms with Gasteiger partial charge in [-0.05, 0) is 42.5 Å². The van der Waals surface area contributed by atoms with Crippen LogP contribution in [-0.2, 0) is 4.79 Å². The molecule has 0 aliphatic carbocycles. The molecule has 0 fully saturated rings. The molecule has 7 heteroatoms. The van der Waals surface area contributed by atoms with Gasteiger partial charge in [-0.3, -0.25) is 0 Å². The van der Waals surface area contributed by atoms with Crippen LogP contribution in [0.25, 0.3) is 22.6 Å². The van der Waals surface area contributed by atoms with E-state index in [1.54, 1.807) is 55.6 Å². The van der Waals surface area contributed by atoms with Crippen LogP contribution in [-0.4, -0.2) is 23.2 Å². The largest absolute Gasteiger partial charge is 0.497 e. The molecular formula is C24H22ClNO5. The summed E-state index contributed by atoms with van der Waals surface area (Å²) in [5.74, 6) is 0.0805. The highest BCUT2D eigenvalue weighted by Gasteiger charge is 2.25. The van der Waals surface area contributed by atoms with Crippen molar-refractivity contribution in [1.82, 2.24) is 4.98 Å². The molecule has 4 aromatic rings. The first-order chi connectivity index (χ1) is 15.0. The SMILES string of the molecule is CC.COc1ccc(C(Oc2ccc(Cl)cc2-c2nc3ccccc3o2)C(=O)O)cc1. The summed E-state index contributed by atoms with van der Waals surface area (Å²) < 4.78 is 16.8. The molecule has 1 N–H and O–H groups in total. The number of fused-ring (bicyclic) bond motifs is 1. The van der Waals surface area contributed by atoms with Gasteiger partial charge in [0.2, 0.25) is 12.0 Å². The van der Waals surface area contributed by atoms with Gasteiger partial charge in [0, 0.05) is 10.6 Å². The van der Waals surface area contributed by atoms with Gasteiger partial charge in [-0.2, -0.15) is 0 Å². The number of hydrogen-bond acceptors (Lipinski definition) is 5. The first kappa shape index (κ1) is 22.2. The number of benzene rings is 3. The molecule has 1 atom stereocenters. The van der Waals surface area contributed by atoms with E-state index in [0.29, 0.717) is 44.6 Å². The molecule has 0 saturated carbocycles. The lowest BCUT2D eigenvalue weighted by atomic mass is 10.1. The quantitative estimate of drug-likeness (QED) is 0.375. The molecule has 0 spiro atoms. The van der Waals surface area contributed by atoms with Crippen LogP contribution in [0.2, 0.25) is 5.02 Å². The fraction of sp³-hybridized carbons (Fsp3) is 0.167. The highest BCUT2D eigenvalue weighted by molar-refractivity contribution is 6.30. The molecule has 3 aromatic carbocycles. The van der Waals surface area contributed by atoms with E-state index in [0.717, 1.165) is 0 Å². The number of rotatable bonds is 6. The number of ether oxygens (including phenoxy) is 2. The van der Waals surface area contributed by atoms with Crippen molar-refractivity contribution in [3.05, 3.63) is 77.3 Å². The predicted molar refractivity (Wildman–Crippen MR) is 120 cm³/mol. The molecule has 31 heavy (non-hydrogen) atoms. The maximum atomic E-state index is 11.9. The number of nitrogens with zero attached hydrogens (tertiary/aromatic N) is 1. The van der Waals surface area contributed by atoms with E-state index in [9.17, 15) is 9.90 Å². The first-order valence-electron chi connectivity index (χ1n) is 9.74. The third-order valence-corrected chi connectivity index (χ3v) is 4.59. The maximum Gasteiger partial charge on any atom is 0.349 e. The zero-order valence-corrected chi connectivity index (χ0v) is 18.1. The second kappa shape index (κ2) is 10.00. The molecule has 1 aromatic heterocycles. The Morgan fingerprint density at radius 1 is 1.06 bits per heavy atom. The van der Waals surface area contributed by atoms with Gasteiger partial charge in [0.1, 0.15) is 17.0 Å². The van der Waals surface area contributed by atoms with E-state index < -0.39 is 12.1 Å². The highest BCUT2D eigenvalue weighted by atomic mass is 35.5. The normalized spacial score (nSPS) is 11.4. The van der Waals surface area contributed by atoms with Crippen molar-refractivity contribution in [1.29, 1.82) is 0 Å². The van der Waals surface area contributed by atoms with E-state index in [-0.39, 0.29) is 0 Å². The van der Waals surface area contributed by atoms with Crippen molar-refractivity contribution in [3.8, 4) is 23.0 Å². The number of aliphatic carboxylic acids is 1. The van der Waals surface area contributed by atoms with E-state index in [2.05, 4.69) is 4.98 Å². The van der Waals surface area contributed by atoms with Gasteiger partial charge in [0.25, 0.3) is 0 Å². The van der Waals surface area contributed by atoms with Crippen LogP contribution in [0.15, 0.2) is 71.1 Å². The van der Waals surface area contributed by atoms with Crippen LogP contribution in [0.4, 0.5) is 0 Å². The number of carbonyl (C=O) groups is 1. The minimum atomic E-state index is -1.23. The molecule has 0 saturated heterocycles. The number of oxazole rings is 1. The number of methoxy groups -OCH3 is 1. The van der Waals surface area contributed by atoms with Gasteiger partial charge < -0.3 is 19.0 Å². The Balaban J connectivity index is 0.00000132. The zero-order valence-electron chi connectivity index (χ0n) is 17.3. The third-order valence-electron chi connectivity index (χ3n) is 4.35. The smallest absolute Gasteiger partial charge is 0.349 e. The summed E-state index contributed by atoms with van der Waals surface area (Å²) in [4.78, 5) is 16.4. The average molecular weight is 440 g/mol. The van der Waals surface area contributed by atoms with Gasteiger partial charge in [0.05, 0.1) is 12.7 Å². The van der Waals surface area contributed by atoms with Crippen molar-refractivity contribution in [2.75, 3.05) is 7.11 Å². The average Bonchev–Trinajstić information content (AvgIpc) is 3.23. The zero-order chi connectivity index (χ0) is 22.4. The molecule has 1 unspecified atom stereocenters. The van der Waals surface area contributed by atoms with Crippen LogP contribution in [0.3, 0.4) is 0 Å². The van der Waals surface area contributed by atoms with Gasteiger partial charge in [-0.1, -0.05) is 49.7 Å². The molecule has 6 nitrogen and oxygen atoms in total. The van der Waals surface area contributed by atoms with E-state index in [4.69, 9.17) is 25.5 Å². The summed E-state index contributed by atoms with van der Waals surface area (Å²) in [5, 5.41) is 10.2. The van der Waals surface area contributed by atoms with Crippen molar-refractivity contribution in [2.45, 2.75) is 20.0 Å². The van der Waals surface area contributed by atoms with Crippen molar-refractivity contribution >= 4 is 28.7 Å². The molecule has 4 rings (SSSR count). The Labute approximate surface area is 185 Å². The van der Waals surface area contributed by atoms with Gasteiger partial charge >= 0.3 is 5.97 Å². The summed E-state index contributed by atoms with van der Waals surface area (Å²) in [7, 11) is 1.54. The van der Waals surface area contributed by atoms with Crippen molar-refractivity contribution < 1.29 is 23.8 Å². The molecule has 1 heterocycles. The molecule has 0 radical (unpaired) electrons. The summed E-state index contributed by atoms with van der Waals surface area (Å²) in [6.45, 7) is 4.00. The Morgan fingerprint density at radius 2 is 1.77 bits per heavy atom. The fourth-order valence-corrected chi connectivity index (χ4v) is 3.10. The van der Waals surface area contributed by atoms with Crippen LogP contribution >= 0.6 is 11.6 Å². The number of hydrogen-bond donors (Lipinski definition) is 1. The topological polar surface area (TPSA) is 81.8 Å². The summed E-state index contributed by atoms with van der Waals surface area (Å²) in [6, 6.07) is 18.8. The second-order valence-corrected chi connectivity index (χ2v) is 6.67. The molecule has 160 valence electrons. The highest BCUT2D eigenvalue weighted by Crippen LogP contribution is 2.36. The molecule has 0 amide bonds. The van der Waals surface area contributed by atoms with Gasteiger partial charge in [-0.15, -0.1) is 0 Å². The minimum absolute atomic E-state index is 0.294. The van der Waals surface area contributed by atoms with Crippen LogP contribution in [0.1, 0.15) is 25.5 Å². The van der Waals surface area contributed by atoms with Crippen LogP contribution < -0.4 is 9.47 Å². The standard InChI is InChI=1S/C22H16ClNO5.C2H6/c1-27-15-9-6-13(7-10-15)20(22(25)26)28-18-11-8-14(23)12-16(18)21-24-17-4-2-3-5-19(17)29-21;1-2/h2-12,20H,1H3,(H,25,26);1-2H3. The number of halogens is 1. The minimum Gasteiger partial charge on any atom is -0.497 e. The second-order valence-electron chi connectivity index (χ2n) is 6.24. The van der Waals surface area contributed by atoms with Crippen LogP contribution in [0, 0.1) is 0 Å². The van der Waals surface area contributed by atoms with E-state index >= 15 is 0 Å². The van der Waals surface area contributed by atoms with Gasteiger partial charge in [0.15, 0.2) is 5.58 Å². The first-order valence-corrected chi connectivity index (χ1v) is 10.1. The Bertz CT molecular complexity index is 1140. The summed E-state index contributed by atoms with van der Waals surface area (Å²) >= 11 is 6.16. The summed E-state index contributed by atoms with van der Waals surface area (Å²) in [5.41, 5.74) is 2.22. The Hall–Kier alpha value is -3.51. The van der Waals surface area contributed by atoms with Gasteiger partial charge in [-0.25, -0.2) is 9.78 Å². The Kier molecular flexibility index (Phi) is 7.15. The lowest BCUT2D eigenvalue weighted by Gasteiger charge is -2.17. The molecular weight excluding hydrogens is 418 g/mol. The number of carboxylic acids is 1. The van der Waals surface area contributed by atoms with Crippen LogP contribution in [0.5, 0.6) is 11.5 Å². The number of para-hydroxylation sites is 2. The van der Waals surface area contributed by atoms with E-state index in [1.807, 2.05) is 32.0 Å². The number of carboxylic acid groups (broad SMARTS) is 1. The van der Waals surface area contributed by atoms with Crippen molar-refractivity contribution in [3.63, 3.8) is 0 Å². The summed E-state index contributed by atoms with van der Waals surface area (Å²) in [6.07, 6.45) is -1.23. The lowest BCUT2D eigenvalue weighted by Crippen LogP contribution is -2.18. The predicted octanol–water partition coefficient (Wildman–Crippen LogP) is 6.39. The maximum absolute atomic E-state index is 11.9. The lowest BCUT2D eigenvalue weighted by molar-refractivity contribution is -0.145. The molecule has 0 aliphatic heterocycles. The fourth-order valence-electron chi connectivity index (χ4n) is 2.93. The molecule has 0 aliphatic rings. The van der Waals surface area contributed by atoms with E-state index in [1.165, 1.54) is 0 Å². The third kappa shape index (κ3) is 4.98.